The van der Waals surface area contributed by atoms with Crippen LogP contribution in [0.25, 0.3) is 0 Å². The molecule has 3 atom stereocenters. The van der Waals surface area contributed by atoms with Crippen LogP contribution >= 0.6 is 0 Å². The molecule has 1 nitrogen and oxygen atoms in total. The third kappa shape index (κ3) is 4.48. The molecule has 3 unspecified atom stereocenters. The summed E-state index contributed by atoms with van der Waals surface area (Å²) in [6.45, 7) is 10.7. The van der Waals surface area contributed by atoms with Crippen molar-refractivity contribution >= 4 is 0 Å². The van der Waals surface area contributed by atoms with Crippen molar-refractivity contribution in [2.45, 2.75) is 85.1 Å². The van der Waals surface area contributed by atoms with Crippen molar-refractivity contribution in [1.29, 1.82) is 0 Å². The molecule has 2 saturated carbocycles. The van der Waals surface area contributed by atoms with Crippen LogP contribution in [0.3, 0.4) is 0 Å². The highest BCUT2D eigenvalue weighted by Gasteiger charge is 2.36. The molecule has 0 spiro atoms. The molecule has 0 aromatic carbocycles. The zero-order chi connectivity index (χ0) is 14.5. The molecular weight excluding hydrogens is 242 g/mol. The third-order valence-electron chi connectivity index (χ3n) is 6.08. The molecular formula is C19H37N. The quantitative estimate of drug-likeness (QED) is 0.724. The Balaban J connectivity index is 1.97. The highest BCUT2D eigenvalue weighted by Crippen LogP contribution is 2.45. The predicted octanol–water partition coefficient (Wildman–Crippen LogP) is 5.25. The van der Waals surface area contributed by atoms with Crippen molar-refractivity contribution in [3.8, 4) is 0 Å². The molecule has 2 rings (SSSR count). The molecule has 2 fully saturated rings. The van der Waals surface area contributed by atoms with E-state index < -0.39 is 0 Å². The largest absolute Gasteiger partial charge is 0.314 e. The van der Waals surface area contributed by atoms with Gasteiger partial charge in [-0.15, -0.1) is 0 Å². The van der Waals surface area contributed by atoms with E-state index in [-0.39, 0.29) is 0 Å². The lowest BCUT2D eigenvalue weighted by Gasteiger charge is -2.43. The van der Waals surface area contributed by atoms with E-state index in [2.05, 4.69) is 33.0 Å². The monoisotopic (exact) mass is 279 g/mol. The molecule has 2 aliphatic rings. The van der Waals surface area contributed by atoms with Crippen molar-refractivity contribution < 1.29 is 0 Å². The van der Waals surface area contributed by atoms with E-state index in [1.807, 2.05) is 0 Å². The van der Waals surface area contributed by atoms with Crippen molar-refractivity contribution in [2.24, 2.45) is 29.6 Å². The van der Waals surface area contributed by atoms with Crippen molar-refractivity contribution in [3.05, 3.63) is 0 Å². The number of rotatable bonds is 5. The van der Waals surface area contributed by atoms with Crippen molar-refractivity contribution in [1.82, 2.24) is 5.32 Å². The minimum absolute atomic E-state index is 0.643. The van der Waals surface area contributed by atoms with E-state index in [4.69, 9.17) is 0 Å². The number of hydrogen-bond acceptors (Lipinski definition) is 1. The molecule has 0 amide bonds. The van der Waals surface area contributed by atoms with Gasteiger partial charge in [0.05, 0.1) is 0 Å². The summed E-state index contributed by atoms with van der Waals surface area (Å²) >= 11 is 0. The highest BCUT2D eigenvalue weighted by atomic mass is 14.9. The van der Waals surface area contributed by atoms with Gasteiger partial charge in [0, 0.05) is 6.04 Å². The molecule has 0 saturated heterocycles. The first kappa shape index (κ1) is 16.3. The van der Waals surface area contributed by atoms with Crippen molar-refractivity contribution in [3.63, 3.8) is 0 Å². The average molecular weight is 280 g/mol. The van der Waals surface area contributed by atoms with Gasteiger partial charge in [-0.2, -0.15) is 0 Å². The second kappa shape index (κ2) is 7.82. The minimum Gasteiger partial charge on any atom is -0.314 e. The molecule has 0 heterocycles. The molecule has 1 heteroatoms. The summed E-state index contributed by atoms with van der Waals surface area (Å²) in [6.07, 6.45) is 12.0. The second-order valence-electron chi connectivity index (χ2n) is 8.20. The summed E-state index contributed by atoms with van der Waals surface area (Å²) in [5.74, 6) is 4.90. The van der Waals surface area contributed by atoms with Gasteiger partial charge in [-0.05, 0) is 55.4 Å². The van der Waals surface area contributed by atoms with Crippen LogP contribution in [0.15, 0.2) is 0 Å². The van der Waals surface area contributed by atoms with Gasteiger partial charge in [0.1, 0.15) is 0 Å². The molecule has 20 heavy (non-hydrogen) atoms. The first-order chi connectivity index (χ1) is 9.58. The SMILES string of the molecule is CC(C)NCC1CCC(C(C)C)CC1C1CCCCC1. The van der Waals surface area contributed by atoms with Gasteiger partial charge < -0.3 is 5.32 Å². The van der Waals surface area contributed by atoms with Gasteiger partial charge in [-0.1, -0.05) is 59.8 Å². The van der Waals surface area contributed by atoms with Crippen LogP contribution in [0, 0.1) is 29.6 Å². The Bertz CT molecular complexity index is 265. The summed E-state index contributed by atoms with van der Waals surface area (Å²) in [5.41, 5.74) is 0. The average Bonchev–Trinajstić information content (AvgIpc) is 2.45. The second-order valence-corrected chi connectivity index (χ2v) is 8.20. The van der Waals surface area contributed by atoms with E-state index in [1.165, 1.54) is 57.9 Å². The third-order valence-corrected chi connectivity index (χ3v) is 6.08. The molecule has 0 aromatic rings. The van der Waals surface area contributed by atoms with Gasteiger partial charge >= 0.3 is 0 Å². The molecule has 2 aliphatic carbocycles. The summed E-state index contributed by atoms with van der Waals surface area (Å²) < 4.78 is 0. The van der Waals surface area contributed by atoms with Crippen LogP contribution in [-0.2, 0) is 0 Å². The molecule has 0 aromatic heterocycles. The predicted molar refractivity (Wildman–Crippen MR) is 88.9 cm³/mol. The van der Waals surface area contributed by atoms with E-state index >= 15 is 0 Å². The molecule has 118 valence electrons. The van der Waals surface area contributed by atoms with Gasteiger partial charge in [0.2, 0.25) is 0 Å². The molecule has 0 radical (unpaired) electrons. The summed E-state index contributed by atoms with van der Waals surface area (Å²) in [5, 5.41) is 3.73. The lowest BCUT2D eigenvalue weighted by molar-refractivity contribution is 0.0776. The Morgan fingerprint density at radius 2 is 1.60 bits per heavy atom. The topological polar surface area (TPSA) is 12.0 Å². The summed E-state index contributed by atoms with van der Waals surface area (Å²) in [6, 6.07) is 0.643. The van der Waals surface area contributed by atoms with E-state index in [0.29, 0.717) is 6.04 Å². The maximum Gasteiger partial charge on any atom is 0.00104 e. The lowest BCUT2D eigenvalue weighted by atomic mass is 9.63. The van der Waals surface area contributed by atoms with Gasteiger partial charge in [-0.3, -0.25) is 0 Å². The smallest absolute Gasteiger partial charge is 0.00104 e. The maximum absolute atomic E-state index is 3.73. The van der Waals surface area contributed by atoms with E-state index in [9.17, 15) is 0 Å². The van der Waals surface area contributed by atoms with Crippen LogP contribution in [0.5, 0.6) is 0 Å². The van der Waals surface area contributed by atoms with Crippen LogP contribution < -0.4 is 5.32 Å². The lowest BCUT2D eigenvalue weighted by Crippen LogP contribution is -2.40. The fourth-order valence-corrected chi connectivity index (χ4v) is 4.69. The fraction of sp³-hybridized carbons (Fsp3) is 1.00. The Morgan fingerprint density at radius 1 is 0.900 bits per heavy atom. The Hall–Kier alpha value is -0.0400. The summed E-state index contributed by atoms with van der Waals surface area (Å²) in [4.78, 5) is 0. The van der Waals surface area contributed by atoms with Gasteiger partial charge in [-0.25, -0.2) is 0 Å². The number of hydrogen-bond donors (Lipinski definition) is 1. The fourth-order valence-electron chi connectivity index (χ4n) is 4.69. The Labute approximate surface area is 127 Å². The van der Waals surface area contributed by atoms with E-state index in [1.54, 1.807) is 0 Å². The van der Waals surface area contributed by atoms with Crippen LogP contribution in [-0.4, -0.2) is 12.6 Å². The normalized spacial score (nSPS) is 33.0. The first-order valence-corrected chi connectivity index (χ1v) is 9.31. The van der Waals surface area contributed by atoms with Crippen LogP contribution in [0.1, 0.15) is 79.1 Å². The van der Waals surface area contributed by atoms with Crippen molar-refractivity contribution in [2.75, 3.05) is 6.54 Å². The minimum atomic E-state index is 0.643. The number of nitrogens with one attached hydrogen (secondary N) is 1. The van der Waals surface area contributed by atoms with Crippen LogP contribution in [0.2, 0.25) is 0 Å². The Kier molecular flexibility index (Phi) is 6.39. The van der Waals surface area contributed by atoms with E-state index in [0.717, 1.165) is 29.6 Å². The molecule has 0 bridgehead atoms. The zero-order valence-electron chi connectivity index (χ0n) is 14.3. The van der Waals surface area contributed by atoms with Gasteiger partial charge in [0.15, 0.2) is 0 Å². The maximum atomic E-state index is 3.73. The highest BCUT2D eigenvalue weighted by molar-refractivity contribution is 4.88. The van der Waals surface area contributed by atoms with Crippen LogP contribution in [0.4, 0.5) is 0 Å². The van der Waals surface area contributed by atoms with Gasteiger partial charge in [0.25, 0.3) is 0 Å². The zero-order valence-corrected chi connectivity index (χ0v) is 14.3. The summed E-state index contributed by atoms with van der Waals surface area (Å²) in [7, 11) is 0. The first-order valence-electron chi connectivity index (χ1n) is 9.31. The standard InChI is InChI=1S/C19H37N/c1-14(2)17-10-11-18(13-20-15(3)4)19(12-17)16-8-6-5-7-9-16/h14-20H,5-13H2,1-4H3. The molecule has 1 N–H and O–H groups in total. The molecule has 0 aliphatic heterocycles. The Morgan fingerprint density at radius 3 is 2.20 bits per heavy atom.